The highest BCUT2D eigenvalue weighted by atomic mass is 35.5. The Morgan fingerprint density at radius 3 is 2.07 bits per heavy atom. The number of nitrogens with zero attached hydrogens (tertiary/aromatic N) is 2. The van der Waals surface area contributed by atoms with E-state index in [-0.39, 0.29) is 23.5 Å². The molecule has 4 aromatic carbocycles. The summed E-state index contributed by atoms with van der Waals surface area (Å²) in [7, 11) is -2.81. The van der Waals surface area contributed by atoms with Crippen molar-refractivity contribution >= 4 is 39.1 Å². The van der Waals surface area contributed by atoms with Crippen LogP contribution in [0.4, 0.5) is 10.1 Å². The van der Waals surface area contributed by atoms with E-state index in [2.05, 4.69) is 5.32 Å². The van der Waals surface area contributed by atoms with Crippen molar-refractivity contribution in [2.75, 3.05) is 17.9 Å². The van der Waals surface area contributed by atoms with Gasteiger partial charge in [-0.1, -0.05) is 71.8 Å². The van der Waals surface area contributed by atoms with Crippen LogP contribution in [0.5, 0.6) is 0 Å². The van der Waals surface area contributed by atoms with E-state index >= 15 is 0 Å². The number of nitrogens with one attached hydrogen (secondary N) is 1. The molecule has 4 rings (SSSR count). The van der Waals surface area contributed by atoms with E-state index in [0.717, 1.165) is 39.7 Å². The maximum Gasteiger partial charge on any atom is 0.264 e. The molecule has 2 amide bonds. The van der Waals surface area contributed by atoms with Crippen LogP contribution in [0.25, 0.3) is 0 Å². The summed E-state index contributed by atoms with van der Waals surface area (Å²) in [4.78, 5) is 28.7. The van der Waals surface area contributed by atoms with Gasteiger partial charge in [0.2, 0.25) is 11.8 Å². The molecule has 0 saturated carbocycles. The van der Waals surface area contributed by atoms with Crippen LogP contribution in [0.3, 0.4) is 0 Å². The minimum Gasteiger partial charge on any atom is -0.357 e. The number of hydrogen-bond donors (Lipinski definition) is 1. The molecule has 218 valence electrons. The lowest BCUT2D eigenvalue weighted by Crippen LogP contribution is -2.53. The van der Waals surface area contributed by atoms with Crippen LogP contribution in [0, 0.1) is 12.7 Å². The molecule has 1 unspecified atom stereocenters. The average Bonchev–Trinajstić information content (AvgIpc) is 2.99. The average molecular weight is 608 g/mol. The van der Waals surface area contributed by atoms with Crippen molar-refractivity contribution in [1.29, 1.82) is 0 Å². The fraction of sp³-hybridized carbons (Fsp3) is 0.188. The molecule has 1 atom stereocenters. The summed E-state index contributed by atoms with van der Waals surface area (Å²) in [5.41, 5.74) is 2.69. The second-order valence-corrected chi connectivity index (χ2v) is 12.1. The van der Waals surface area contributed by atoms with E-state index in [1.165, 1.54) is 11.9 Å². The van der Waals surface area contributed by atoms with Crippen molar-refractivity contribution in [2.24, 2.45) is 0 Å². The molecule has 0 aliphatic rings. The maximum atomic E-state index is 14.2. The summed E-state index contributed by atoms with van der Waals surface area (Å²) in [5.74, 6) is -1.58. The largest absolute Gasteiger partial charge is 0.357 e. The minimum absolute atomic E-state index is 0.0270. The topological polar surface area (TPSA) is 86.8 Å². The first-order valence-corrected chi connectivity index (χ1v) is 15.0. The smallest absolute Gasteiger partial charge is 0.264 e. The molecular formula is C32H31ClFN3O4S. The van der Waals surface area contributed by atoms with Gasteiger partial charge in [0.25, 0.3) is 10.0 Å². The zero-order valence-electron chi connectivity index (χ0n) is 23.2. The number of aryl methyl sites for hydroxylation is 1. The van der Waals surface area contributed by atoms with Crippen molar-refractivity contribution in [2.45, 2.75) is 30.8 Å². The Hall–Kier alpha value is -4.21. The molecule has 0 saturated heterocycles. The fourth-order valence-electron chi connectivity index (χ4n) is 4.48. The number of halogens is 2. The third-order valence-electron chi connectivity index (χ3n) is 6.79. The van der Waals surface area contributed by atoms with Gasteiger partial charge in [-0.25, -0.2) is 12.8 Å². The Balaban J connectivity index is 1.77. The van der Waals surface area contributed by atoms with Gasteiger partial charge in [-0.3, -0.25) is 13.9 Å². The van der Waals surface area contributed by atoms with Gasteiger partial charge in [-0.05, 0) is 66.6 Å². The number of likely N-dealkylation sites (N-methyl/N-ethyl adjacent to an activating group) is 1. The molecule has 0 aliphatic heterocycles. The van der Waals surface area contributed by atoms with Gasteiger partial charge in [-0.2, -0.15) is 0 Å². The molecule has 4 aromatic rings. The predicted molar refractivity (Wildman–Crippen MR) is 162 cm³/mol. The van der Waals surface area contributed by atoms with Crippen LogP contribution in [-0.2, 0) is 32.6 Å². The molecule has 0 radical (unpaired) electrons. The Morgan fingerprint density at radius 1 is 0.857 bits per heavy atom. The molecule has 0 heterocycles. The van der Waals surface area contributed by atoms with Crippen LogP contribution in [0.2, 0.25) is 5.02 Å². The van der Waals surface area contributed by atoms with Crippen molar-refractivity contribution in [1.82, 2.24) is 10.2 Å². The first-order valence-electron chi connectivity index (χ1n) is 13.2. The molecule has 7 nitrogen and oxygen atoms in total. The van der Waals surface area contributed by atoms with Crippen LogP contribution >= 0.6 is 11.6 Å². The lowest BCUT2D eigenvalue weighted by Gasteiger charge is -2.33. The summed E-state index contributed by atoms with van der Waals surface area (Å²) in [5, 5.41) is 3.16. The molecule has 0 spiro atoms. The summed E-state index contributed by atoms with van der Waals surface area (Å²) in [6, 6.07) is 26.3. The molecule has 1 N–H and O–H groups in total. The van der Waals surface area contributed by atoms with Crippen LogP contribution in [0.15, 0.2) is 108 Å². The van der Waals surface area contributed by atoms with Gasteiger partial charge in [-0.15, -0.1) is 0 Å². The molecule has 0 aliphatic carbocycles. The van der Waals surface area contributed by atoms with Crippen molar-refractivity contribution in [3.63, 3.8) is 0 Å². The standard InChI is InChI=1S/C32H31ClFN3O4S/c1-23-8-16-28(17-9-23)37(42(40,41)29-18-14-27(34)15-19-29)22-31(38)36(21-25-10-12-26(33)13-11-25)30(32(39)35-2)20-24-6-4-3-5-7-24/h3-19,30H,20-22H2,1-2H3,(H,35,39). The van der Waals surface area contributed by atoms with Gasteiger partial charge in [0.15, 0.2) is 0 Å². The first kappa shape index (κ1) is 30.7. The summed E-state index contributed by atoms with van der Waals surface area (Å²) in [6.07, 6.45) is 0.203. The zero-order valence-corrected chi connectivity index (χ0v) is 24.8. The van der Waals surface area contributed by atoms with E-state index in [0.29, 0.717) is 10.6 Å². The number of amides is 2. The zero-order chi connectivity index (χ0) is 30.3. The summed E-state index contributed by atoms with van der Waals surface area (Å²) in [6.45, 7) is 1.29. The Morgan fingerprint density at radius 2 is 1.48 bits per heavy atom. The highest BCUT2D eigenvalue weighted by Crippen LogP contribution is 2.26. The van der Waals surface area contributed by atoms with Gasteiger partial charge >= 0.3 is 0 Å². The monoisotopic (exact) mass is 607 g/mol. The van der Waals surface area contributed by atoms with E-state index < -0.39 is 40.2 Å². The molecule has 42 heavy (non-hydrogen) atoms. The quantitative estimate of drug-likeness (QED) is 0.248. The number of sulfonamides is 1. The van der Waals surface area contributed by atoms with Crippen molar-refractivity contribution in [3.05, 3.63) is 131 Å². The second kappa shape index (κ2) is 13.6. The first-order chi connectivity index (χ1) is 20.1. The third-order valence-corrected chi connectivity index (χ3v) is 8.83. The van der Waals surface area contributed by atoms with Crippen LogP contribution < -0.4 is 9.62 Å². The van der Waals surface area contributed by atoms with Gasteiger partial charge in [0.05, 0.1) is 10.6 Å². The Bertz CT molecular complexity index is 1620. The number of hydrogen-bond acceptors (Lipinski definition) is 4. The highest BCUT2D eigenvalue weighted by Gasteiger charge is 2.34. The highest BCUT2D eigenvalue weighted by molar-refractivity contribution is 7.92. The van der Waals surface area contributed by atoms with Crippen LogP contribution in [0.1, 0.15) is 16.7 Å². The van der Waals surface area contributed by atoms with E-state index in [1.807, 2.05) is 37.3 Å². The molecule has 0 fully saturated rings. The van der Waals surface area contributed by atoms with E-state index in [1.54, 1.807) is 48.5 Å². The van der Waals surface area contributed by atoms with Crippen molar-refractivity contribution < 1.29 is 22.4 Å². The van der Waals surface area contributed by atoms with E-state index in [9.17, 15) is 22.4 Å². The third kappa shape index (κ3) is 7.54. The molecule has 0 aromatic heterocycles. The lowest BCUT2D eigenvalue weighted by atomic mass is 10.0. The summed E-state index contributed by atoms with van der Waals surface area (Å²) < 4.78 is 42.4. The SMILES string of the molecule is CNC(=O)C(Cc1ccccc1)N(Cc1ccc(Cl)cc1)C(=O)CN(c1ccc(C)cc1)S(=O)(=O)c1ccc(F)cc1. The van der Waals surface area contributed by atoms with Crippen molar-refractivity contribution in [3.8, 4) is 0 Å². The number of carbonyl (C=O) groups is 2. The maximum absolute atomic E-state index is 14.2. The number of anilines is 1. The summed E-state index contributed by atoms with van der Waals surface area (Å²) >= 11 is 6.08. The lowest BCUT2D eigenvalue weighted by molar-refractivity contribution is -0.139. The normalized spacial score (nSPS) is 11.9. The van der Waals surface area contributed by atoms with E-state index in [4.69, 9.17) is 11.6 Å². The molecule has 0 bridgehead atoms. The number of benzene rings is 4. The number of carbonyl (C=O) groups excluding carboxylic acids is 2. The van der Waals surface area contributed by atoms with Crippen LogP contribution in [-0.4, -0.2) is 44.8 Å². The van der Waals surface area contributed by atoms with Gasteiger partial charge < -0.3 is 10.2 Å². The Labute approximate surface area is 250 Å². The Kier molecular flexibility index (Phi) is 9.98. The van der Waals surface area contributed by atoms with Gasteiger partial charge in [0, 0.05) is 25.0 Å². The molecule has 10 heteroatoms. The molecular weight excluding hydrogens is 577 g/mol. The number of rotatable bonds is 11. The predicted octanol–water partition coefficient (Wildman–Crippen LogP) is 5.37. The van der Waals surface area contributed by atoms with Gasteiger partial charge in [0.1, 0.15) is 18.4 Å². The second-order valence-electron chi connectivity index (χ2n) is 9.77. The minimum atomic E-state index is -4.30. The fourth-order valence-corrected chi connectivity index (χ4v) is 6.02.